The highest BCUT2D eigenvalue weighted by Gasteiger charge is 2.15. The van der Waals surface area contributed by atoms with Gasteiger partial charge in [0, 0.05) is 26.8 Å². The quantitative estimate of drug-likeness (QED) is 0.374. The topological polar surface area (TPSA) is 73.3 Å². The molecule has 7 nitrogen and oxygen atoms in total. The van der Waals surface area contributed by atoms with Crippen LogP contribution in [-0.2, 0) is 9.47 Å². The monoisotopic (exact) mass is 365 g/mol. The molecule has 1 aliphatic heterocycles. The van der Waals surface area contributed by atoms with Crippen LogP contribution >= 0.6 is 0 Å². The maximum atomic E-state index is 5.93. The molecule has 0 bridgehead atoms. The minimum atomic E-state index is -0.0319. The molecule has 2 rings (SSSR count). The van der Waals surface area contributed by atoms with Crippen LogP contribution in [0.1, 0.15) is 19.8 Å². The van der Waals surface area contributed by atoms with Crippen LogP contribution in [-0.4, -0.2) is 65.2 Å². The van der Waals surface area contributed by atoms with Crippen LogP contribution in [0.5, 0.6) is 11.5 Å². The van der Waals surface area contributed by atoms with Crippen molar-refractivity contribution >= 4 is 5.96 Å². The van der Waals surface area contributed by atoms with Gasteiger partial charge in [-0.05, 0) is 31.9 Å². The van der Waals surface area contributed by atoms with Crippen LogP contribution in [0.25, 0.3) is 0 Å². The van der Waals surface area contributed by atoms with E-state index in [-0.39, 0.29) is 12.2 Å². The predicted octanol–water partition coefficient (Wildman–Crippen LogP) is 1.82. The normalized spacial score (nSPS) is 18.4. The van der Waals surface area contributed by atoms with E-state index in [1.807, 2.05) is 31.2 Å². The van der Waals surface area contributed by atoms with Gasteiger partial charge in [-0.15, -0.1) is 0 Å². The number of rotatable bonds is 10. The van der Waals surface area contributed by atoms with Crippen molar-refractivity contribution in [2.24, 2.45) is 4.99 Å². The second-order valence-corrected chi connectivity index (χ2v) is 6.17. The van der Waals surface area contributed by atoms with Crippen molar-refractivity contribution in [2.45, 2.75) is 32.0 Å². The second kappa shape index (κ2) is 11.6. The van der Waals surface area contributed by atoms with Gasteiger partial charge in [0.1, 0.15) is 6.10 Å². The number of nitrogens with one attached hydrogen (secondary N) is 2. The molecule has 0 aromatic heterocycles. The van der Waals surface area contributed by atoms with Crippen LogP contribution in [0.2, 0.25) is 0 Å². The van der Waals surface area contributed by atoms with Crippen molar-refractivity contribution < 1.29 is 18.9 Å². The maximum absolute atomic E-state index is 5.93. The van der Waals surface area contributed by atoms with Crippen molar-refractivity contribution in [1.29, 1.82) is 0 Å². The average molecular weight is 365 g/mol. The molecule has 7 heteroatoms. The number of nitrogens with zero attached hydrogens (tertiary/aromatic N) is 1. The van der Waals surface area contributed by atoms with Crippen LogP contribution in [0.15, 0.2) is 29.3 Å². The first-order chi connectivity index (χ1) is 12.7. The van der Waals surface area contributed by atoms with E-state index in [2.05, 4.69) is 15.6 Å². The fourth-order valence-corrected chi connectivity index (χ4v) is 2.61. The van der Waals surface area contributed by atoms with E-state index >= 15 is 0 Å². The van der Waals surface area contributed by atoms with E-state index < -0.39 is 0 Å². The minimum Gasteiger partial charge on any atom is -0.493 e. The number of methoxy groups -OCH3 is 1. The number of aliphatic imine (C=N–C) groups is 1. The fourth-order valence-electron chi connectivity index (χ4n) is 2.61. The summed E-state index contributed by atoms with van der Waals surface area (Å²) in [6.07, 6.45) is 2.15. The molecule has 2 N–H and O–H groups in total. The molecule has 0 radical (unpaired) electrons. The Bertz CT molecular complexity index is 547. The molecule has 0 amide bonds. The van der Waals surface area contributed by atoms with E-state index in [0.717, 1.165) is 56.7 Å². The van der Waals surface area contributed by atoms with Crippen LogP contribution in [0.3, 0.4) is 0 Å². The van der Waals surface area contributed by atoms with Crippen molar-refractivity contribution in [3.63, 3.8) is 0 Å². The molecular weight excluding hydrogens is 334 g/mol. The first kappa shape index (κ1) is 20.3. The fraction of sp³-hybridized carbons (Fsp3) is 0.632. The van der Waals surface area contributed by atoms with E-state index in [4.69, 9.17) is 18.9 Å². The first-order valence-electron chi connectivity index (χ1n) is 9.16. The van der Waals surface area contributed by atoms with E-state index in [0.29, 0.717) is 6.54 Å². The van der Waals surface area contributed by atoms with Crippen LogP contribution in [0, 0.1) is 0 Å². The highest BCUT2D eigenvalue weighted by atomic mass is 16.5. The van der Waals surface area contributed by atoms with Gasteiger partial charge < -0.3 is 29.6 Å². The van der Waals surface area contributed by atoms with Gasteiger partial charge in [-0.3, -0.25) is 4.99 Å². The van der Waals surface area contributed by atoms with E-state index in [1.165, 1.54) is 0 Å². The molecular formula is C19H31N3O4. The molecule has 0 spiro atoms. The maximum Gasteiger partial charge on any atom is 0.191 e. The minimum absolute atomic E-state index is 0.0319. The zero-order chi connectivity index (χ0) is 18.6. The lowest BCUT2D eigenvalue weighted by Gasteiger charge is -2.19. The third-order valence-electron chi connectivity index (χ3n) is 4.03. The summed E-state index contributed by atoms with van der Waals surface area (Å²) >= 11 is 0. The average Bonchev–Trinajstić information content (AvgIpc) is 3.18. The Balaban J connectivity index is 1.61. The largest absolute Gasteiger partial charge is 0.493 e. The molecule has 1 aromatic carbocycles. The summed E-state index contributed by atoms with van der Waals surface area (Å²) in [7, 11) is 3.40. The van der Waals surface area contributed by atoms with Gasteiger partial charge >= 0.3 is 0 Å². The number of guanidine groups is 1. The lowest BCUT2D eigenvalue weighted by Crippen LogP contribution is -2.42. The zero-order valence-electron chi connectivity index (χ0n) is 16.0. The lowest BCUT2D eigenvalue weighted by atomic mass is 10.3. The van der Waals surface area contributed by atoms with Crippen molar-refractivity contribution in [3.8, 4) is 11.5 Å². The van der Waals surface area contributed by atoms with Crippen LogP contribution in [0.4, 0.5) is 0 Å². The van der Waals surface area contributed by atoms with Gasteiger partial charge in [0.05, 0.1) is 26.4 Å². The SMILES string of the molecule is CN=C(NCCCOC1CCOC1)NCC(C)Oc1ccccc1OC. The molecule has 1 heterocycles. The van der Waals surface area contributed by atoms with Crippen LogP contribution < -0.4 is 20.1 Å². The van der Waals surface area contributed by atoms with Gasteiger partial charge in [-0.2, -0.15) is 0 Å². The summed E-state index contributed by atoms with van der Waals surface area (Å²) in [5.41, 5.74) is 0. The number of para-hydroxylation sites is 2. The molecule has 1 aliphatic rings. The van der Waals surface area contributed by atoms with E-state index in [1.54, 1.807) is 14.2 Å². The molecule has 26 heavy (non-hydrogen) atoms. The Morgan fingerprint density at radius 1 is 1.31 bits per heavy atom. The number of ether oxygens (including phenoxy) is 4. The zero-order valence-corrected chi connectivity index (χ0v) is 16.0. The van der Waals surface area contributed by atoms with Crippen molar-refractivity contribution in [3.05, 3.63) is 24.3 Å². The molecule has 2 atom stereocenters. The highest BCUT2D eigenvalue weighted by molar-refractivity contribution is 5.79. The summed E-state index contributed by atoms with van der Waals surface area (Å²) in [6.45, 7) is 5.70. The molecule has 146 valence electrons. The molecule has 1 saturated heterocycles. The van der Waals surface area contributed by atoms with Gasteiger partial charge in [-0.1, -0.05) is 12.1 Å². The molecule has 2 unspecified atom stereocenters. The Hall–Kier alpha value is -1.99. The third kappa shape index (κ3) is 7.09. The van der Waals surface area contributed by atoms with Gasteiger partial charge in [-0.25, -0.2) is 0 Å². The lowest BCUT2D eigenvalue weighted by molar-refractivity contribution is 0.0420. The molecule has 0 aliphatic carbocycles. The third-order valence-corrected chi connectivity index (χ3v) is 4.03. The molecule has 1 fully saturated rings. The van der Waals surface area contributed by atoms with Crippen molar-refractivity contribution in [1.82, 2.24) is 10.6 Å². The highest BCUT2D eigenvalue weighted by Crippen LogP contribution is 2.26. The standard InChI is InChI=1S/C19H31N3O4/c1-15(26-18-8-5-4-7-17(18)23-3)13-22-19(20-2)21-10-6-11-25-16-9-12-24-14-16/h4-5,7-8,15-16H,6,9-14H2,1-3H3,(H2,20,21,22). The Morgan fingerprint density at radius 3 is 2.81 bits per heavy atom. The predicted molar refractivity (Wildman–Crippen MR) is 102 cm³/mol. The Kier molecular flexibility index (Phi) is 9.06. The number of benzene rings is 1. The van der Waals surface area contributed by atoms with Crippen molar-refractivity contribution in [2.75, 3.05) is 47.1 Å². The Morgan fingerprint density at radius 2 is 2.12 bits per heavy atom. The first-order valence-corrected chi connectivity index (χ1v) is 9.16. The summed E-state index contributed by atoms with van der Waals surface area (Å²) < 4.78 is 22.3. The van der Waals surface area contributed by atoms with Gasteiger partial charge in [0.25, 0.3) is 0 Å². The summed E-state index contributed by atoms with van der Waals surface area (Å²) in [5, 5.41) is 6.56. The number of hydrogen-bond acceptors (Lipinski definition) is 5. The molecule has 0 saturated carbocycles. The van der Waals surface area contributed by atoms with Gasteiger partial charge in [0.2, 0.25) is 0 Å². The summed E-state index contributed by atoms with van der Waals surface area (Å²) in [5.74, 6) is 2.22. The summed E-state index contributed by atoms with van der Waals surface area (Å²) in [4.78, 5) is 4.23. The van der Waals surface area contributed by atoms with Gasteiger partial charge in [0.15, 0.2) is 17.5 Å². The van der Waals surface area contributed by atoms with E-state index in [9.17, 15) is 0 Å². The summed E-state index contributed by atoms with van der Waals surface area (Å²) in [6, 6.07) is 7.63. The smallest absolute Gasteiger partial charge is 0.191 e. The molecule has 1 aromatic rings. The second-order valence-electron chi connectivity index (χ2n) is 6.17. The Labute approximate surface area is 156 Å². The number of hydrogen-bond donors (Lipinski definition) is 2.